The molecule has 4 rings (SSSR count). The maximum absolute atomic E-state index is 13.2. The number of rotatable bonds is 6. The number of nitrogens with one attached hydrogen (secondary N) is 1. The lowest BCUT2D eigenvalue weighted by Gasteiger charge is -2.19. The number of benzene rings is 1. The third-order valence-corrected chi connectivity index (χ3v) is 5.13. The smallest absolute Gasteiger partial charge is 0.258 e. The van der Waals surface area contributed by atoms with Crippen LogP contribution in [0.5, 0.6) is 5.75 Å². The monoisotopic (exact) mass is 365 g/mol. The molecule has 1 fully saturated rings. The molecule has 1 saturated carbocycles. The van der Waals surface area contributed by atoms with Crippen molar-refractivity contribution < 1.29 is 14.1 Å². The molecule has 0 unspecified atom stereocenters. The van der Waals surface area contributed by atoms with E-state index in [1.165, 1.54) is 0 Å². The van der Waals surface area contributed by atoms with Crippen LogP contribution in [0.25, 0.3) is 11.1 Å². The summed E-state index contributed by atoms with van der Waals surface area (Å²) in [7, 11) is 1.65. The summed E-state index contributed by atoms with van der Waals surface area (Å²) in [6.07, 6.45) is 2.96. The van der Waals surface area contributed by atoms with Crippen molar-refractivity contribution in [1.29, 1.82) is 0 Å². The standard InChI is InChI=1S/C21H23N3O3/c1-4-15-11-17(18-12(2)24-27-21(18)22-15)20(25)23-19(13-5-6-13)14-7-9-16(26-3)10-8-14/h7-11,13,19H,4-6H2,1-3H3,(H,23,25)/t19-/m0/s1. The van der Waals surface area contributed by atoms with Crippen molar-refractivity contribution in [2.24, 2.45) is 5.92 Å². The average molecular weight is 365 g/mol. The van der Waals surface area contributed by atoms with E-state index >= 15 is 0 Å². The van der Waals surface area contributed by atoms with Crippen LogP contribution in [0.3, 0.4) is 0 Å². The minimum absolute atomic E-state index is 0.0168. The number of ether oxygens (including phenoxy) is 1. The molecule has 0 spiro atoms. The van der Waals surface area contributed by atoms with Gasteiger partial charge in [0.1, 0.15) is 5.75 Å². The van der Waals surface area contributed by atoms with Crippen LogP contribution < -0.4 is 10.1 Å². The number of nitrogens with zero attached hydrogens (tertiary/aromatic N) is 2. The van der Waals surface area contributed by atoms with E-state index < -0.39 is 0 Å². The van der Waals surface area contributed by atoms with Gasteiger partial charge in [0.15, 0.2) is 0 Å². The number of fused-ring (bicyclic) bond motifs is 1. The van der Waals surface area contributed by atoms with E-state index in [2.05, 4.69) is 15.5 Å². The Balaban J connectivity index is 1.67. The van der Waals surface area contributed by atoms with Gasteiger partial charge in [0.25, 0.3) is 11.6 Å². The predicted octanol–water partition coefficient (Wildman–Crippen LogP) is 3.98. The van der Waals surface area contributed by atoms with Crippen molar-refractivity contribution in [3.05, 3.63) is 52.8 Å². The number of carbonyl (C=O) groups excluding carboxylic acids is 1. The van der Waals surface area contributed by atoms with E-state index in [0.29, 0.717) is 28.3 Å². The number of pyridine rings is 1. The number of methoxy groups -OCH3 is 1. The first-order valence-electron chi connectivity index (χ1n) is 9.31. The van der Waals surface area contributed by atoms with Gasteiger partial charge in [-0.3, -0.25) is 4.79 Å². The summed E-state index contributed by atoms with van der Waals surface area (Å²) >= 11 is 0. The van der Waals surface area contributed by atoms with Gasteiger partial charge in [-0.1, -0.05) is 24.2 Å². The summed E-state index contributed by atoms with van der Waals surface area (Å²) in [5.41, 5.74) is 3.59. The van der Waals surface area contributed by atoms with Crippen LogP contribution in [0, 0.1) is 12.8 Å². The molecule has 0 saturated heterocycles. The van der Waals surface area contributed by atoms with E-state index in [-0.39, 0.29) is 11.9 Å². The number of carbonyl (C=O) groups is 1. The molecule has 1 atom stereocenters. The molecule has 1 aliphatic rings. The maximum Gasteiger partial charge on any atom is 0.258 e. The molecular weight excluding hydrogens is 342 g/mol. The Kier molecular flexibility index (Phi) is 4.56. The second kappa shape index (κ2) is 7.02. The highest BCUT2D eigenvalue weighted by Gasteiger charge is 2.34. The van der Waals surface area contributed by atoms with Gasteiger partial charge in [-0.15, -0.1) is 0 Å². The summed E-state index contributed by atoms with van der Waals surface area (Å²) in [5.74, 6) is 1.16. The highest BCUT2D eigenvalue weighted by molar-refractivity contribution is 6.06. The SMILES string of the molecule is CCc1cc(C(=O)N[C@H](c2ccc(OC)cc2)C2CC2)c2c(C)noc2n1. The first-order valence-corrected chi connectivity index (χ1v) is 9.31. The fourth-order valence-corrected chi connectivity index (χ4v) is 3.44. The highest BCUT2D eigenvalue weighted by atomic mass is 16.5. The van der Waals surface area contributed by atoms with Gasteiger partial charge < -0.3 is 14.6 Å². The molecule has 0 bridgehead atoms. The number of aryl methyl sites for hydroxylation is 2. The van der Waals surface area contributed by atoms with Crippen LogP contribution in [-0.4, -0.2) is 23.2 Å². The third-order valence-electron chi connectivity index (χ3n) is 5.13. The largest absolute Gasteiger partial charge is 0.497 e. The lowest BCUT2D eigenvalue weighted by atomic mass is 10.0. The zero-order valence-corrected chi connectivity index (χ0v) is 15.8. The molecule has 3 aromatic rings. The molecule has 6 heteroatoms. The summed E-state index contributed by atoms with van der Waals surface area (Å²) < 4.78 is 10.5. The summed E-state index contributed by atoms with van der Waals surface area (Å²) in [4.78, 5) is 17.6. The van der Waals surface area contributed by atoms with Crippen molar-refractivity contribution in [3.8, 4) is 5.75 Å². The summed E-state index contributed by atoms with van der Waals surface area (Å²) in [6.45, 7) is 3.83. The van der Waals surface area contributed by atoms with Gasteiger partial charge in [0.05, 0.1) is 29.8 Å². The third kappa shape index (κ3) is 3.39. The highest BCUT2D eigenvalue weighted by Crippen LogP contribution is 2.41. The molecule has 1 aliphatic carbocycles. The maximum atomic E-state index is 13.2. The number of amides is 1. The fraction of sp³-hybridized carbons (Fsp3) is 0.381. The second-order valence-electron chi connectivity index (χ2n) is 7.02. The molecule has 6 nitrogen and oxygen atoms in total. The van der Waals surface area contributed by atoms with Gasteiger partial charge in [-0.25, -0.2) is 4.98 Å². The molecule has 0 radical (unpaired) electrons. The lowest BCUT2D eigenvalue weighted by Crippen LogP contribution is -2.30. The molecule has 2 aromatic heterocycles. The molecule has 140 valence electrons. The minimum Gasteiger partial charge on any atom is -0.497 e. The van der Waals surface area contributed by atoms with E-state index in [1.807, 2.05) is 44.2 Å². The topological polar surface area (TPSA) is 77.2 Å². The number of hydrogen-bond acceptors (Lipinski definition) is 5. The Morgan fingerprint density at radius 2 is 2.07 bits per heavy atom. The normalized spacial score (nSPS) is 14.9. The first kappa shape index (κ1) is 17.5. The first-order chi connectivity index (χ1) is 13.1. The Labute approximate surface area is 157 Å². The molecule has 1 N–H and O–H groups in total. The molecule has 2 heterocycles. The fourth-order valence-electron chi connectivity index (χ4n) is 3.44. The van der Waals surface area contributed by atoms with Crippen LogP contribution in [-0.2, 0) is 6.42 Å². The zero-order valence-electron chi connectivity index (χ0n) is 15.8. The van der Waals surface area contributed by atoms with Gasteiger partial charge in [0.2, 0.25) is 0 Å². The van der Waals surface area contributed by atoms with E-state index in [1.54, 1.807) is 7.11 Å². The Bertz CT molecular complexity index is 974. The summed E-state index contributed by atoms with van der Waals surface area (Å²) in [6, 6.07) is 9.73. The van der Waals surface area contributed by atoms with Crippen molar-refractivity contribution in [3.63, 3.8) is 0 Å². The van der Waals surface area contributed by atoms with E-state index in [9.17, 15) is 4.79 Å². The Morgan fingerprint density at radius 1 is 1.33 bits per heavy atom. The van der Waals surface area contributed by atoms with Crippen molar-refractivity contribution >= 4 is 17.0 Å². The van der Waals surface area contributed by atoms with E-state index in [4.69, 9.17) is 9.26 Å². The predicted molar refractivity (Wildman–Crippen MR) is 102 cm³/mol. The van der Waals surface area contributed by atoms with Crippen LogP contribution in [0.2, 0.25) is 0 Å². The molecule has 1 aromatic carbocycles. The molecule has 27 heavy (non-hydrogen) atoms. The second-order valence-corrected chi connectivity index (χ2v) is 7.02. The molecule has 0 aliphatic heterocycles. The zero-order chi connectivity index (χ0) is 19.0. The molecular formula is C21H23N3O3. The van der Waals surface area contributed by atoms with Gasteiger partial charge in [-0.05, 0) is 55.9 Å². The van der Waals surface area contributed by atoms with Crippen molar-refractivity contribution in [1.82, 2.24) is 15.5 Å². The lowest BCUT2D eigenvalue weighted by molar-refractivity contribution is 0.0933. The van der Waals surface area contributed by atoms with Gasteiger partial charge in [-0.2, -0.15) is 0 Å². The average Bonchev–Trinajstić information content (AvgIpc) is 3.48. The van der Waals surface area contributed by atoms with E-state index in [0.717, 1.165) is 36.3 Å². The van der Waals surface area contributed by atoms with Crippen LogP contribution in [0.4, 0.5) is 0 Å². The van der Waals surface area contributed by atoms with Crippen LogP contribution in [0.1, 0.15) is 53.1 Å². The number of aromatic nitrogens is 2. The quantitative estimate of drug-likeness (QED) is 0.715. The Morgan fingerprint density at radius 3 is 2.70 bits per heavy atom. The van der Waals surface area contributed by atoms with Crippen LogP contribution >= 0.6 is 0 Å². The number of hydrogen-bond donors (Lipinski definition) is 1. The Hall–Kier alpha value is -2.89. The minimum atomic E-state index is -0.115. The van der Waals surface area contributed by atoms with Crippen molar-refractivity contribution in [2.45, 2.75) is 39.2 Å². The summed E-state index contributed by atoms with van der Waals surface area (Å²) in [5, 5.41) is 7.91. The van der Waals surface area contributed by atoms with Crippen molar-refractivity contribution in [2.75, 3.05) is 7.11 Å². The van der Waals surface area contributed by atoms with Gasteiger partial charge >= 0.3 is 0 Å². The van der Waals surface area contributed by atoms with Gasteiger partial charge in [0, 0.05) is 5.69 Å². The molecule has 1 amide bonds. The van der Waals surface area contributed by atoms with Crippen LogP contribution in [0.15, 0.2) is 34.9 Å².